The molecule has 23 heavy (non-hydrogen) atoms. The van der Waals surface area contributed by atoms with Crippen LogP contribution >= 0.6 is 11.8 Å². The maximum absolute atomic E-state index is 12.5. The summed E-state index contributed by atoms with van der Waals surface area (Å²) in [6.07, 6.45) is 0. The zero-order valence-corrected chi connectivity index (χ0v) is 13.6. The molecule has 1 heterocycles. The van der Waals surface area contributed by atoms with Gasteiger partial charge in [-0.3, -0.25) is 4.90 Å². The molecule has 2 rings (SSSR count). The number of halogens is 3. The van der Waals surface area contributed by atoms with Crippen molar-refractivity contribution in [3.05, 3.63) is 24.3 Å². The predicted octanol–water partition coefficient (Wildman–Crippen LogP) is 2.13. The summed E-state index contributed by atoms with van der Waals surface area (Å²) in [5, 5.41) is 8.62. The number of sulfonamides is 1. The minimum absolute atomic E-state index is 0.0299. The third-order valence-electron chi connectivity index (χ3n) is 3.32. The van der Waals surface area contributed by atoms with Gasteiger partial charge in [0.2, 0.25) is 10.0 Å². The van der Waals surface area contributed by atoms with E-state index in [1.54, 1.807) is 0 Å². The van der Waals surface area contributed by atoms with E-state index in [1.807, 2.05) is 11.0 Å². The van der Waals surface area contributed by atoms with Gasteiger partial charge in [-0.25, -0.2) is 8.42 Å². The van der Waals surface area contributed by atoms with Crippen molar-refractivity contribution in [3.8, 4) is 6.07 Å². The summed E-state index contributed by atoms with van der Waals surface area (Å²) in [7, 11) is -3.73. The lowest BCUT2D eigenvalue weighted by atomic mass is 10.4. The van der Waals surface area contributed by atoms with Gasteiger partial charge in [0.15, 0.2) is 0 Å². The smallest absolute Gasteiger partial charge is 0.288 e. The van der Waals surface area contributed by atoms with Gasteiger partial charge in [-0.2, -0.15) is 22.7 Å². The van der Waals surface area contributed by atoms with E-state index in [0.29, 0.717) is 13.1 Å². The van der Waals surface area contributed by atoms with Gasteiger partial charge < -0.3 is 0 Å². The highest BCUT2D eigenvalue weighted by molar-refractivity contribution is 8.00. The van der Waals surface area contributed by atoms with Crippen molar-refractivity contribution in [1.29, 1.82) is 5.26 Å². The summed E-state index contributed by atoms with van der Waals surface area (Å²) < 4.78 is 63.0. The first-order valence-electron chi connectivity index (χ1n) is 6.67. The fourth-order valence-corrected chi connectivity index (χ4v) is 4.15. The van der Waals surface area contributed by atoms with E-state index >= 15 is 0 Å². The molecule has 0 aromatic heterocycles. The van der Waals surface area contributed by atoms with Crippen molar-refractivity contribution in [3.63, 3.8) is 0 Å². The molecule has 1 aromatic rings. The fourth-order valence-electron chi connectivity index (χ4n) is 2.19. The van der Waals surface area contributed by atoms with Gasteiger partial charge in [0.05, 0.1) is 17.5 Å². The average molecular weight is 365 g/mol. The number of hydrogen-bond donors (Lipinski definition) is 0. The molecule has 1 aliphatic rings. The molecule has 5 nitrogen and oxygen atoms in total. The Bertz CT molecular complexity index is 676. The zero-order chi connectivity index (χ0) is 17.1. The van der Waals surface area contributed by atoms with Gasteiger partial charge in [0.1, 0.15) is 0 Å². The van der Waals surface area contributed by atoms with Crippen molar-refractivity contribution in [1.82, 2.24) is 9.21 Å². The first kappa shape index (κ1) is 18.1. The average Bonchev–Trinajstić information content (AvgIpc) is 2.47. The minimum Gasteiger partial charge on any atom is -0.288 e. The van der Waals surface area contributed by atoms with E-state index in [0.717, 1.165) is 12.1 Å². The van der Waals surface area contributed by atoms with Gasteiger partial charge in [-0.05, 0) is 36.0 Å². The van der Waals surface area contributed by atoms with Crippen molar-refractivity contribution in [2.24, 2.45) is 0 Å². The highest BCUT2D eigenvalue weighted by Crippen LogP contribution is 2.37. The third kappa shape index (κ3) is 4.84. The summed E-state index contributed by atoms with van der Waals surface area (Å²) in [4.78, 5) is 1.75. The first-order valence-corrected chi connectivity index (χ1v) is 8.93. The standard InChI is InChI=1S/C13H14F3N3O2S2/c14-13(15,16)22-11-1-3-12(4-2-11)23(20,21)19-9-7-18(6-5-17)8-10-19/h1-4H,6-10H2. The number of piperazine rings is 1. The first-order chi connectivity index (χ1) is 10.7. The second-order valence-corrected chi connectivity index (χ2v) is 7.93. The number of nitriles is 1. The van der Waals surface area contributed by atoms with E-state index in [4.69, 9.17) is 5.26 Å². The van der Waals surface area contributed by atoms with Crippen LogP contribution in [0.3, 0.4) is 0 Å². The van der Waals surface area contributed by atoms with E-state index in [1.165, 1.54) is 16.4 Å². The highest BCUT2D eigenvalue weighted by atomic mass is 32.2. The highest BCUT2D eigenvalue weighted by Gasteiger charge is 2.31. The molecule has 0 unspecified atom stereocenters. The maximum Gasteiger partial charge on any atom is 0.446 e. The number of nitrogens with zero attached hydrogens (tertiary/aromatic N) is 3. The molecule has 1 saturated heterocycles. The Morgan fingerprint density at radius 1 is 1.13 bits per heavy atom. The summed E-state index contributed by atoms with van der Waals surface area (Å²) in [6, 6.07) is 6.68. The molecule has 0 atom stereocenters. The van der Waals surface area contributed by atoms with E-state index in [2.05, 4.69) is 0 Å². The summed E-state index contributed by atoms with van der Waals surface area (Å²) in [5.41, 5.74) is -4.41. The minimum atomic E-state index is -4.41. The Morgan fingerprint density at radius 2 is 1.70 bits per heavy atom. The quantitative estimate of drug-likeness (QED) is 0.604. The Kier molecular flexibility index (Phi) is 5.57. The maximum atomic E-state index is 12.5. The van der Waals surface area contributed by atoms with Crippen LogP contribution in [0.2, 0.25) is 0 Å². The van der Waals surface area contributed by atoms with Gasteiger partial charge in [0.25, 0.3) is 0 Å². The third-order valence-corrected chi connectivity index (χ3v) is 5.97. The van der Waals surface area contributed by atoms with Crippen LogP contribution in [0.15, 0.2) is 34.1 Å². The summed E-state index contributed by atoms with van der Waals surface area (Å²) in [5.74, 6) is 0. The normalized spacial score (nSPS) is 17.8. The number of hydrogen-bond acceptors (Lipinski definition) is 5. The van der Waals surface area contributed by atoms with E-state index in [-0.39, 0.29) is 41.2 Å². The van der Waals surface area contributed by atoms with Crippen molar-refractivity contribution in [2.75, 3.05) is 32.7 Å². The van der Waals surface area contributed by atoms with Crippen molar-refractivity contribution >= 4 is 21.8 Å². The van der Waals surface area contributed by atoms with Crippen LogP contribution in [-0.4, -0.2) is 55.9 Å². The van der Waals surface area contributed by atoms with Crippen LogP contribution in [0.1, 0.15) is 0 Å². The molecule has 0 aliphatic carbocycles. The van der Waals surface area contributed by atoms with Crippen LogP contribution in [-0.2, 0) is 10.0 Å². The lowest BCUT2D eigenvalue weighted by Gasteiger charge is -2.32. The topological polar surface area (TPSA) is 64.4 Å². The molecule has 0 bridgehead atoms. The molecule has 1 aromatic carbocycles. The summed E-state index contributed by atoms with van der Waals surface area (Å²) >= 11 is -0.284. The van der Waals surface area contributed by atoms with Crippen molar-refractivity contribution in [2.45, 2.75) is 15.3 Å². The Hall–Kier alpha value is -1.28. The molecule has 1 fully saturated rings. The van der Waals surface area contributed by atoms with Crippen LogP contribution in [0.5, 0.6) is 0 Å². The molecule has 0 radical (unpaired) electrons. The fraction of sp³-hybridized carbons (Fsp3) is 0.462. The molecule has 1 aliphatic heterocycles. The van der Waals surface area contributed by atoms with Crippen molar-refractivity contribution < 1.29 is 21.6 Å². The largest absolute Gasteiger partial charge is 0.446 e. The Labute approximate surface area is 136 Å². The lowest BCUT2D eigenvalue weighted by molar-refractivity contribution is -0.0328. The Morgan fingerprint density at radius 3 is 2.17 bits per heavy atom. The summed E-state index contributed by atoms with van der Waals surface area (Å²) in [6.45, 7) is 1.66. The van der Waals surface area contributed by atoms with Gasteiger partial charge in [-0.15, -0.1) is 0 Å². The lowest BCUT2D eigenvalue weighted by Crippen LogP contribution is -2.48. The number of alkyl halides is 3. The van der Waals surface area contributed by atoms with Gasteiger partial charge >= 0.3 is 5.51 Å². The molecular weight excluding hydrogens is 351 g/mol. The monoisotopic (exact) mass is 365 g/mol. The predicted molar refractivity (Wildman–Crippen MR) is 79.2 cm³/mol. The molecule has 10 heteroatoms. The molecule has 0 N–H and O–H groups in total. The molecule has 126 valence electrons. The zero-order valence-electron chi connectivity index (χ0n) is 12.0. The molecular formula is C13H14F3N3O2S2. The van der Waals surface area contributed by atoms with Gasteiger partial charge in [0, 0.05) is 31.1 Å². The van der Waals surface area contributed by atoms with Crippen LogP contribution in [0.25, 0.3) is 0 Å². The van der Waals surface area contributed by atoms with Gasteiger partial charge in [-0.1, -0.05) is 0 Å². The van der Waals surface area contributed by atoms with E-state index in [9.17, 15) is 21.6 Å². The van der Waals surface area contributed by atoms with E-state index < -0.39 is 15.5 Å². The molecule has 0 spiro atoms. The van der Waals surface area contributed by atoms with Crippen LogP contribution < -0.4 is 0 Å². The second-order valence-electron chi connectivity index (χ2n) is 4.86. The SMILES string of the molecule is N#CCN1CCN(S(=O)(=O)c2ccc(SC(F)(F)F)cc2)CC1. The molecule has 0 saturated carbocycles. The second kappa shape index (κ2) is 7.09. The number of rotatable bonds is 4. The van der Waals surface area contributed by atoms with Crippen LogP contribution in [0, 0.1) is 11.3 Å². The molecule has 0 amide bonds. The number of benzene rings is 1. The number of thioether (sulfide) groups is 1. The Balaban J connectivity index is 2.07. The van der Waals surface area contributed by atoms with Crippen LogP contribution in [0.4, 0.5) is 13.2 Å².